The number of hydrogen-bond donors (Lipinski definition) is 0. The Morgan fingerprint density at radius 2 is 2.27 bits per heavy atom. The summed E-state index contributed by atoms with van der Waals surface area (Å²) >= 11 is 0. The predicted octanol–water partition coefficient (Wildman–Crippen LogP) is 2.82. The fraction of sp³-hybridized carbons (Fsp3) is 0.438. The molecule has 0 aliphatic carbocycles. The highest BCUT2D eigenvalue weighted by Crippen LogP contribution is 2.31. The first-order valence-electron chi connectivity index (χ1n) is 7.44. The number of ether oxygens (including phenoxy) is 1. The topological polar surface area (TPSA) is 68.5 Å². The molecular weight excluding hydrogens is 282 g/mol. The average molecular weight is 301 g/mol. The molecule has 6 nitrogen and oxygen atoms in total. The van der Waals surface area contributed by atoms with Crippen molar-refractivity contribution in [1.29, 1.82) is 0 Å². The summed E-state index contributed by atoms with van der Waals surface area (Å²) in [6.07, 6.45) is 2.94. The van der Waals surface area contributed by atoms with Crippen LogP contribution >= 0.6 is 0 Å². The fourth-order valence-corrected chi connectivity index (χ4v) is 2.82. The van der Waals surface area contributed by atoms with Crippen LogP contribution < -0.4 is 4.74 Å². The van der Waals surface area contributed by atoms with E-state index in [1.54, 1.807) is 14.0 Å². The minimum atomic E-state index is -0.113. The Morgan fingerprint density at radius 3 is 3.05 bits per heavy atom. The van der Waals surface area contributed by atoms with Gasteiger partial charge < -0.3 is 14.2 Å². The van der Waals surface area contributed by atoms with E-state index in [1.807, 2.05) is 29.2 Å². The third-order valence-electron chi connectivity index (χ3n) is 3.96. The summed E-state index contributed by atoms with van der Waals surface area (Å²) in [6.45, 7) is 2.33. The van der Waals surface area contributed by atoms with Gasteiger partial charge in [-0.25, -0.2) is 0 Å². The third kappa shape index (κ3) is 2.81. The molecule has 6 heteroatoms. The van der Waals surface area contributed by atoms with Crippen LogP contribution in [-0.4, -0.2) is 34.6 Å². The number of nitrogens with zero attached hydrogens (tertiary/aromatic N) is 3. The van der Waals surface area contributed by atoms with E-state index in [0.29, 0.717) is 11.7 Å². The van der Waals surface area contributed by atoms with Crippen molar-refractivity contribution in [1.82, 2.24) is 15.0 Å². The van der Waals surface area contributed by atoms with Crippen molar-refractivity contribution in [3.63, 3.8) is 0 Å². The van der Waals surface area contributed by atoms with Gasteiger partial charge in [-0.15, -0.1) is 0 Å². The quantitative estimate of drug-likeness (QED) is 0.872. The van der Waals surface area contributed by atoms with Crippen molar-refractivity contribution in [2.24, 2.45) is 0 Å². The molecule has 2 aromatic rings. The summed E-state index contributed by atoms with van der Waals surface area (Å²) < 4.78 is 10.6. The molecule has 22 heavy (non-hydrogen) atoms. The molecule has 116 valence electrons. The molecule has 1 amide bonds. The van der Waals surface area contributed by atoms with E-state index in [0.717, 1.165) is 37.1 Å². The lowest BCUT2D eigenvalue weighted by atomic mass is 10.0. The molecular formula is C16H19N3O3. The van der Waals surface area contributed by atoms with Gasteiger partial charge in [-0.1, -0.05) is 17.3 Å². The Morgan fingerprint density at radius 1 is 1.41 bits per heavy atom. The SMILES string of the molecule is COc1cccc(-c2noc([C@@H]3CCCCN3C(C)=O)n2)c1. The number of amides is 1. The summed E-state index contributed by atoms with van der Waals surface area (Å²) in [6, 6.07) is 7.40. The largest absolute Gasteiger partial charge is 0.497 e. The van der Waals surface area contributed by atoms with Crippen LogP contribution in [0.1, 0.15) is 38.1 Å². The van der Waals surface area contributed by atoms with Crippen LogP contribution in [0.2, 0.25) is 0 Å². The van der Waals surface area contributed by atoms with Gasteiger partial charge in [0.2, 0.25) is 17.6 Å². The average Bonchev–Trinajstić information content (AvgIpc) is 3.05. The Hall–Kier alpha value is -2.37. The van der Waals surface area contributed by atoms with E-state index < -0.39 is 0 Å². The first-order chi connectivity index (χ1) is 10.7. The zero-order chi connectivity index (χ0) is 15.5. The van der Waals surface area contributed by atoms with E-state index >= 15 is 0 Å². The molecule has 0 spiro atoms. The van der Waals surface area contributed by atoms with Gasteiger partial charge in [0, 0.05) is 19.0 Å². The molecule has 2 heterocycles. The number of carbonyl (C=O) groups excluding carboxylic acids is 1. The number of methoxy groups -OCH3 is 1. The molecule has 1 atom stereocenters. The molecule has 0 radical (unpaired) electrons. The lowest BCUT2D eigenvalue weighted by Gasteiger charge is -2.32. The van der Waals surface area contributed by atoms with E-state index in [2.05, 4.69) is 10.1 Å². The Kier molecular flexibility index (Phi) is 4.09. The Balaban J connectivity index is 1.87. The lowest BCUT2D eigenvalue weighted by Crippen LogP contribution is -2.37. The molecule has 1 saturated heterocycles. The number of likely N-dealkylation sites (tertiary alicyclic amines) is 1. The zero-order valence-electron chi connectivity index (χ0n) is 12.8. The molecule has 0 bridgehead atoms. The molecule has 0 saturated carbocycles. The monoisotopic (exact) mass is 301 g/mol. The highest BCUT2D eigenvalue weighted by molar-refractivity contribution is 5.73. The van der Waals surface area contributed by atoms with Crippen LogP contribution in [0.25, 0.3) is 11.4 Å². The second-order valence-corrected chi connectivity index (χ2v) is 5.41. The predicted molar refractivity (Wildman–Crippen MR) is 80.3 cm³/mol. The zero-order valence-corrected chi connectivity index (χ0v) is 12.8. The van der Waals surface area contributed by atoms with Crippen LogP contribution in [0.4, 0.5) is 0 Å². The summed E-state index contributed by atoms with van der Waals surface area (Å²) in [4.78, 5) is 18.1. The maximum atomic E-state index is 11.8. The van der Waals surface area contributed by atoms with Crippen molar-refractivity contribution in [3.05, 3.63) is 30.2 Å². The lowest BCUT2D eigenvalue weighted by molar-refractivity contribution is -0.133. The van der Waals surface area contributed by atoms with Gasteiger partial charge in [0.1, 0.15) is 11.8 Å². The Labute approximate surface area is 129 Å². The number of benzene rings is 1. The minimum Gasteiger partial charge on any atom is -0.497 e. The fourth-order valence-electron chi connectivity index (χ4n) is 2.82. The standard InChI is InChI=1S/C16H19N3O3/c1-11(20)19-9-4-3-8-14(19)16-17-15(18-22-16)12-6-5-7-13(10-12)21-2/h5-7,10,14H,3-4,8-9H2,1-2H3/t14-/m0/s1. The van der Waals surface area contributed by atoms with Gasteiger partial charge in [0.25, 0.3) is 0 Å². The number of carbonyl (C=O) groups is 1. The number of hydrogen-bond acceptors (Lipinski definition) is 5. The highest BCUT2D eigenvalue weighted by atomic mass is 16.5. The summed E-state index contributed by atoms with van der Waals surface area (Å²) in [7, 11) is 1.62. The first kappa shape index (κ1) is 14.6. The summed E-state index contributed by atoms with van der Waals surface area (Å²) in [5.74, 6) is 1.81. The molecule has 3 rings (SSSR count). The third-order valence-corrected chi connectivity index (χ3v) is 3.96. The van der Waals surface area contributed by atoms with Crippen molar-refractivity contribution < 1.29 is 14.1 Å². The second-order valence-electron chi connectivity index (χ2n) is 5.41. The van der Waals surface area contributed by atoms with Gasteiger partial charge >= 0.3 is 0 Å². The molecule has 1 aliphatic rings. The second kappa shape index (κ2) is 6.17. The first-order valence-corrected chi connectivity index (χ1v) is 7.44. The van der Waals surface area contributed by atoms with Crippen LogP contribution in [0.15, 0.2) is 28.8 Å². The van der Waals surface area contributed by atoms with Crippen LogP contribution in [-0.2, 0) is 4.79 Å². The van der Waals surface area contributed by atoms with Gasteiger partial charge in [-0.3, -0.25) is 4.79 Å². The smallest absolute Gasteiger partial charge is 0.249 e. The minimum absolute atomic E-state index is 0.0471. The van der Waals surface area contributed by atoms with Gasteiger partial charge in [0.15, 0.2) is 0 Å². The maximum absolute atomic E-state index is 11.8. The Bertz CT molecular complexity index is 668. The highest BCUT2D eigenvalue weighted by Gasteiger charge is 2.30. The van der Waals surface area contributed by atoms with E-state index in [1.165, 1.54) is 0 Å². The van der Waals surface area contributed by atoms with Gasteiger partial charge in [-0.05, 0) is 31.4 Å². The molecule has 1 fully saturated rings. The van der Waals surface area contributed by atoms with Crippen molar-refractivity contribution >= 4 is 5.91 Å². The van der Waals surface area contributed by atoms with Crippen molar-refractivity contribution in [3.8, 4) is 17.1 Å². The molecule has 0 unspecified atom stereocenters. The number of aromatic nitrogens is 2. The van der Waals surface area contributed by atoms with E-state index in [4.69, 9.17) is 9.26 Å². The number of rotatable bonds is 3. The van der Waals surface area contributed by atoms with Gasteiger partial charge in [-0.2, -0.15) is 4.98 Å². The van der Waals surface area contributed by atoms with E-state index in [-0.39, 0.29) is 11.9 Å². The molecule has 1 aromatic carbocycles. The van der Waals surface area contributed by atoms with Crippen LogP contribution in [0.3, 0.4) is 0 Å². The van der Waals surface area contributed by atoms with Crippen molar-refractivity contribution in [2.75, 3.05) is 13.7 Å². The maximum Gasteiger partial charge on any atom is 0.249 e. The summed E-state index contributed by atoms with van der Waals surface area (Å²) in [5.41, 5.74) is 0.833. The van der Waals surface area contributed by atoms with Gasteiger partial charge in [0.05, 0.1) is 7.11 Å². The van der Waals surface area contributed by atoms with Crippen molar-refractivity contribution in [2.45, 2.75) is 32.2 Å². The normalized spacial score (nSPS) is 18.3. The molecule has 0 N–H and O–H groups in total. The summed E-state index contributed by atoms with van der Waals surface area (Å²) in [5, 5.41) is 4.05. The van der Waals surface area contributed by atoms with E-state index in [9.17, 15) is 4.79 Å². The van der Waals surface area contributed by atoms with Crippen LogP contribution in [0, 0.1) is 0 Å². The molecule has 1 aliphatic heterocycles. The molecule has 1 aromatic heterocycles. The number of piperidine rings is 1. The van der Waals surface area contributed by atoms with Crippen LogP contribution in [0.5, 0.6) is 5.75 Å².